The molecule has 0 saturated heterocycles. The third kappa shape index (κ3) is 4.81. The number of benzene rings is 3. The maximum atomic E-state index is 13.1. The average molecular weight is 433 g/mol. The lowest BCUT2D eigenvalue weighted by molar-refractivity contribution is 0.251. The van der Waals surface area contributed by atoms with Gasteiger partial charge in [-0.2, -0.15) is 0 Å². The lowest BCUT2D eigenvalue weighted by Crippen LogP contribution is -2.27. The molecule has 0 aliphatic carbocycles. The van der Waals surface area contributed by atoms with E-state index >= 15 is 0 Å². The van der Waals surface area contributed by atoms with E-state index in [4.69, 9.17) is 4.42 Å². The molecule has 7 nitrogen and oxygen atoms in total. The maximum Gasteiger partial charge on any atom is 0.319 e. The topological polar surface area (TPSA) is 101 Å². The van der Waals surface area contributed by atoms with E-state index in [-0.39, 0.29) is 16.3 Å². The number of carbonyl (C=O) groups is 1. The van der Waals surface area contributed by atoms with Crippen LogP contribution in [0, 0.1) is 0 Å². The zero-order valence-electron chi connectivity index (χ0n) is 16.4. The molecule has 0 bridgehead atoms. The number of aromatic nitrogens is 1. The Labute approximate surface area is 179 Å². The monoisotopic (exact) mass is 433 g/mol. The molecule has 0 radical (unpaired) electrons. The summed E-state index contributed by atoms with van der Waals surface area (Å²) in [5, 5.41) is 5.27. The first-order valence-corrected chi connectivity index (χ1v) is 10.9. The Kier molecular flexibility index (Phi) is 5.81. The summed E-state index contributed by atoms with van der Waals surface area (Å²) >= 11 is 0. The van der Waals surface area contributed by atoms with Gasteiger partial charge in [-0.25, -0.2) is 18.2 Å². The number of hydrogen-bond donors (Lipinski definition) is 2. The van der Waals surface area contributed by atoms with Crippen LogP contribution in [0.25, 0.3) is 11.1 Å². The second-order valence-corrected chi connectivity index (χ2v) is 8.65. The van der Waals surface area contributed by atoms with Gasteiger partial charge in [-0.15, -0.1) is 0 Å². The van der Waals surface area contributed by atoms with Crippen LogP contribution in [0.5, 0.6) is 0 Å². The Morgan fingerprint density at radius 1 is 0.871 bits per heavy atom. The number of urea groups is 1. The molecule has 8 heteroatoms. The molecule has 0 saturated carbocycles. The number of nitrogens with one attached hydrogen (secondary N) is 2. The van der Waals surface area contributed by atoms with Crippen molar-refractivity contribution in [2.75, 3.05) is 5.32 Å². The van der Waals surface area contributed by atoms with E-state index in [0.717, 1.165) is 11.1 Å². The molecule has 0 fully saturated rings. The van der Waals surface area contributed by atoms with Gasteiger partial charge < -0.3 is 15.1 Å². The van der Waals surface area contributed by atoms with Crippen LogP contribution in [0.2, 0.25) is 0 Å². The van der Waals surface area contributed by atoms with Crippen LogP contribution in [-0.4, -0.2) is 19.4 Å². The zero-order valence-corrected chi connectivity index (χ0v) is 17.2. The summed E-state index contributed by atoms with van der Waals surface area (Å²) in [7, 11) is -3.70. The minimum atomic E-state index is -3.70. The normalized spacial score (nSPS) is 11.1. The molecule has 0 aliphatic heterocycles. The van der Waals surface area contributed by atoms with Crippen molar-refractivity contribution in [3.05, 3.63) is 97.2 Å². The molecular formula is C23H19N3O4S. The first kappa shape index (κ1) is 20.4. The molecule has 156 valence electrons. The summed E-state index contributed by atoms with van der Waals surface area (Å²) < 4.78 is 31.2. The molecule has 31 heavy (non-hydrogen) atoms. The second kappa shape index (κ2) is 8.85. The highest BCUT2D eigenvalue weighted by Crippen LogP contribution is 2.27. The fraction of sp³-hybridized carbons (Fsp3) is 0.0435. The SMILES string of the molecule is O=C(NCc1cnco1)Nc1ccc(S(=O)(=O)c2cccc(-c3ccccc3)c2)cc1. The molecule has 0 atom stereocenters. The highest BCUT2D eigenvalue weighted by Gasteiger charge is 2.18. The predicted octanol–water partition coefficient (Wildman–Crippen LogP) is 4.50. The standard InChI is InChI=1S/C23H19N3O4S/c27-23(25-15-20-14-24-16-30-20)26-19-9-11-21(12-10-19)31(28,29)22-8-4-7-18(13-22)17-5-2-1-3-6-17/h1-14,16H,15H2,(H2,25,26,27). The molecular weight excluding hydrogens is 414 g/mol. The number of rotatable bonds is 6. The van der Waals surface area contributed by atoms with E-state index in [0.29, 0.717) is 11.4 Å². The van der Waals surface area contributed by atoms with Crippen molar-refractivity contribution < 1.29 is 17.6 Å². The average Bonchev–Trinajstić information content (AvgIpc) is 3.33. The summed E-state index contributed by atoms with van der Waals surface area (Å²) in [5.41, 5.74) is 2.23. The van der Waals surface area contributed by atoms with Gasteiger partial charge in [0.15, 0.2) is 6.39 Å². The van der Waals surface area contributed by atoms with Gasteiger partial charge in [0.2, 0.25) is 9.84 Å². The van der Waals surface area contributed by atoms with Gasteiger partial charge in [0.25, 0.3) is 0 Å². The molecule has 3 aromatic carbocycles. The van der Waals surface area contributed by atoms with E-state index in [1.54, 1.807) is 30.3 Å². The molecule has 0 unspecified atom stereocenters. The van der Waals surface area contributed by atoms with Crippen molar-refractivity contribution in [1.29, 1.82) is 0 Å². The predicted molar refractivity (Wildman–Crippen MR) is 116 cm³/mol. The first-order chi connectivity index (χ1) is 15.0. The Hall–Kier alpha value is -3.91. The zero-order chi connectivity index (χ0) is 21.7. The van der Waals surface area contributed by atoms with Gasteiger partial charge >= 0.3 is 6.03 Å². The third-order valence-electron chi connectivity index (χ3n) is 4.58. The minimum absolute atomic E-state index is 0.144. The summed E-state index contributed by atoms with van der Waals surface area (Å²) in [6.07, 6.45) is 2.79. The Morgan fingerprint density at radius 2 is 1.61 bits per heavy atom. The fourth-order valence-electron chi connectivity index (χ4n) is 3.00. The highest BCUT2D eigenvalue weighted by molar-refractivity contribution is 7.91. The Morgan fingerprint density at radius 3 is 2.32 bits per heavy atom. The number of oxazole rings is 1. The molecule has 1 aromatic heterocycles. The van der Waals surface area contributed by atoms with Crippen LogP contribution in [0.4, 0.5) is 10.5 Å². The van der Waals surface area contributed by atoms with Crippen LogP contribution < -0.4 is 10.6 Å². The van der Waals surface area contributed by atoms with Gasteiger partial charge in [0.1, 0.15) is 5.76 Å². The third-order valence-corrected chi connectivity index (χ3v) is 6.35. The quantitative estimate of drug-likeness (QED) is 0.466. The van der Waals surface area contributed by atoms with Crippen molar-refractivity contribution in [1.82, 2.24) is 10.3 Å². The number of carbonyl (C=O) groups excluding carboxylic acids is 1. The molecule has 2 amide bonds. The minimum Gasteiger partial charge on any atom is -0.447 e. The van der Waals surface area contributed by atoms with Crippen LogP contribution in [0.3, 0.4) is 0 Å². The Bertz CT molecular complexity index is 1270. The van der Waals surface area contributed by atoms with Crippen LogP contribution >= 0.6 is 0 Å². The molecule has 0 spiro atoms. The molecule has 4 aromatic rings. The number of sulfone groups is 1. The van der Waals surface area contributed by atoms with Gasteiger partial charge in [-0.1, -0.05) is 42.5 Å². The van der Waals surface area contributed by atoms with Crippen molar-refractivity contribution in [2.24, 2.45) is 0 Å². The van der Waals surface area contributed by atoms with Gasteiger partial charge in [0.05, 0.1) is 22.5 Å². The Balaban J connectivity index is 1.47. The summed E-state index contributed by atoms with van der Waals surface area (Å²) in [6.45, 7) is 0.191. The molecule has 4 rings (SSSR count). The van der Waals surface area contributed by atoms with Crippen molar-refractivity contribution in [3.63, 3.8) is 0 Å². The number of hydrogen-bond acceptors (Lipinski definition) is 5. The van der Waals surface area contributed by atoms with E-state index < -0.39 is 15.9 Å². The lowest BCUT2D eigenvalue weighted by Gasteiger charge is -2.09. The maximum absolute atomic E-state index is 13.1. The number of anilines is 1. The van der Waals surface area contributed by atoms with Crippen LogP contribution in [-0.2, 0) is 16.4 Å². The van der Waals surface area contributed by atoms with Crippen LogP contribution in [0.15, 0.2) is 106 Å². The molecule has 2 N–H and O–H groups in total. The highest BCUT2D eigenvalue weighted by atomic mass is 32.2. The van der Waals surface area contributed by atoms with Gasteiger partial charge in [-0.05, 0) is 47.5 Å². The van der Waals surface area contributed by atoms with E-state index in [1.165, 1.54) is 24.7 Å². The van der Waals surface area contributed by atoms with Crippen molar-refractivity contribution >= 4 is 21.6 Å². The summed E-state index contributed by atoms with van der Waals surface area (Å²) in [4.78, 5) is 16.1. The molecule has 1 heterocycles. The largest absolute Gasteiger partial charge is 0.447 e. The fourth-order valence-corrected chi connectivity index (χ4v) is 4.31. The van der Waals surface area contributed by atoms with E-state index in [9.17, 15) is 13.2 Å². The number of amides is 2. The smallest absolute Gasteiger partial charge is 0.319 e. The van der Waals surface area contributed by atoms with Gasteiger partial charge in [-0.3, -0.25) is 0 Å². The van der Waals surface area contributed by atoms with Crippen molar-refractivity contribution in [2.45, 2.75) is 16.3 Å². The van der Waals surface area contributed by atoms with E-state index in [1.807, 2.05) is 36.4 Å². The summed E-state index contributed by atoms with van der Waals surface area (Å²) in [5.74, 6) is 0.523. The number of nitrogens with zero attached hydrogens (tertiary/aromatic N) is 1. The van der Waals surface area contributed by atoms with Crippen LogP contribution in [0.1, 0.15) is 5.76 Å². The van der Waals surface area contributed by atoms with Crippen molar-refractivity contribution in [3.8, 4) is 11.1 Å². The lowest BCUT2D eigenvalue weighted by atomic mass is 10.1. The molecule has 0 aliphatic rings. The second-order valence-electron chi connectivity index (χ2n) is 6.70. The first-order valence-electron chi connectivity index (χ1n) is 9.45. The van der Waals surface area contributed by atoms with Gasteiger partial charge in [0, 0.05) is 5.69 Å². The summed E-state index contributed by atoms with van der Waals surface area (Å²) in [6, 6.07) is 22.0. The van der Waals surface area contributed by atoms with E-state index in [2.05, 4.69) is 15.6 Å².